The normalized spacial score (nSPS) is 27.8. The maximum absolute atomic E-state index is 13.0. The van der Waals surface area contributed by atoms with Crippen LogP contribution in [0.2, 0.25) is 0 Å². The number of esters is 1. The zero-order chi connectivity index (χ0) is 19.2. The molecule has 1 saturated heterocycles. The topological polar surface area (TPSA) is 90.9 Å². The number of hydrogen-bond donors (Lipinski definition) is 1. The predicted molar refractivity (Wildman–Crippen MR) is 97.2 cm³/mol. The zero-order valence-electron chi connectivity index (χ0n) is 14.8. The fraction of sp³-hybridized carbons (Fsp3) is 0.316. The lowest BCUT2D eigenvalue weighted by molar-refractivity contribution is -0.143. The van der Waals surface area contributed by atoms with E-state index in [1.54, 1.807) is 55.6 Å². The largest absolute Gasteiger partial charge is 0.497 e. The summed E-state index contributed by atoms with van der Waals surface area (Å²) in [6.07, 6.45) is 0. The molecule has 0 amide bonds. The molecule has 27 heavy (non-hydrogen) atoms. The molecule has 2 aliphatic heterocycles. The van der Waals surface area contributed by atoms with E-state index in [2.05, 4.69) is 5.32 Å². The highest BCUT2D eigenvalue weighted by atomic mass is 32.2. The molecule has 2 aromatic rings. The van der Waals surface area contributed by atoms with Crippen LogP contribution in [-0.4, -0.2) is 39.9 Å². The summed E-state index contributed by atoms with van der Waals surface area (Å²) in [5.74, 6) is -0.205. The van der Waals surface area contributed by atoms with Gasteiger partial charge in [-0.25, -0.2) is 0 Å². The Kier molecular flexibility index (Phi) is 4.32. The van der Waals surface area contributed by atoms with Crippen LogP contribution in [0, 0.1) is 0 Å². The van der Waals surface area contributed by atoms with Gasteiger partial charge in [-0.1, -0.05) is 30.3 Å². The zero-order valence-corrected chi connectivity index (χ0v) is 15.6. The van der Waals surface area contributed by atoms with E-state index in [1.165, 1.54) is 7.11 Å². The van der Waals surface area contributed by atoms with Gasteiger partial charge in [-0.15, -0.1) is 0 Å². The molecule has 1 N–H and O–H groups in total. The Balaban J connectivity index is 1.85. The molecule has 2 aliphatic rings. The first-order valence-electron chi connectivity index (χ1n) is 8.46. The molecule has 0 aromatic heterocycles. The smallest absolute Gasteiger partial charge is 0.323 e. The van der Waals surface area contributed by atoms with Gasteiger partial charge >= 0.3 is 16.1 Å². The van der Waals surface area contributed by atoms with Gasteiger partial charge in [0.05, 0.1) is 20.3 Å². The lowest BCUT2D eigenvalue weighted by Gasteiger charge is -2.31. The molecule has 0 spiro atoms. The number of methoxy groups -OCH3 is 2. The summed E-state index contributed by atoms with van der Waals surface area (Å²) in [4.78, 5) is 12.4. The quantitative estimate of drug-likeness (QED) is 0.632. The number of ether oxygens (including phenoxy) is 2. The van der Waals surface area contributed by atoms with Crippen LogP contribution in [0.4, 0.5) is 0 Å². The molecule has 4 rings (SSSR count). The number of nitrogens with one attached hydrogen (secondary N) is 1. The number of rotatable bonds is 3. The summed E-state index contributed by atoms with van der Waals surface area (Å²) >= 11 is 0. The highest BCUT2D eigenvalue weighted by Gasteiger charge is 2.57. The molecule has 0 unspecified atom stereocenters. The van der Waals surface area contributed by atoms with Crippen molar-refractivity contribution in [3.8, 4) is 11.5 Å². The van der Waals surface area contributed by atoms with Crippen molar-refractivity contribution < 1.29 is 26.9 Å². The second kappa shape index (κ2) is 6.54. The van der Waals surface area contributed by atoms with E-state index in [9.17, 15) is 13.2 Å². The van der Waals surface area contributed by atoms with Gasteiger partial charge < -0.3 is 13.7 Å². The molecule has 7 nitrogen and oxygen atoms in total. The van der Waals surface area contributed by atoms with E-state index in [4.69, 9.17) is 13.7 Å². The van der Waals surface area contributed by atoms with Gasteiger partial charge in [-0.05, 0) is 23.8 Å². The molecule has 2 aromatic carbocycles. The van der Waals surface area contributed by atoms with Crippen LogP contribution in [0.1, 0.15) is 23.1 Å². The van der Waals surface area contributed by atoms with Crippen molar-refractivity contribution >= 4 is 16.1 Å². The Hall–Kier alpha value is -2.58. The Bertz CT molecular complexity index is 972. The first kappa shape index (κ1) is 17.8. The van der Waals surface area contributed by atoms with Gasteiger partial charge in [0.25, 0.3) is 0 Å². The molecule has 0 bridgehead atoms. The second-order valence-electron chi connectivity index (χ2n) is 6.52. The van der Waals surface area contributed by atoms with Crippen LogP contribution < -0.4 is 14.2 Å². The summed E-state index contributed by atoms with van der Waals surface area (Å²) in [5.41, 5.74) is 1.40. The maximum atomic E-state index is 13.0. The van der Waals surface area contributed by atoms with Gasteiger partial charge in [0, 0.05) is 11.5 Å². The second-order valence-corrected chi connectivity index (χ2v) is 8.22. The SMILES string of the molecule is COC(=O)[C@H]1N[C@@H](c2ccc(OC)cc2)[C@H]2[C@@H]1c1ccccc1OS2(=O)=O. The van der Waals surface area contributed by atoms with Crippen molar-refractivity contribution in [2.45, 2.75) is 23.3 Å². The van der Waals surface area contributed by atoms with Gasteiger partial charge in [0.1, 0.15) is 22.8 Å². The summed E-state index contributed by atoms with van der Waals surface area (Å²) in [5, 5.41) is 2.21. The molecular weight excluding hydrogens is 370 g/mol. The monoisotopic (exact) mass is 389 g/mol. The molecule has 2 heterocycles. The molecule has 0 radical (unpaired) electrons. The molecule has 8 heteroatoms. The fourth-order valence-corrected chi connectivity index (χ4v) is 5.69. The lowest BCUT2D eigenvalue weighted by Crippen LogP contribution is -2.40. The molecule has 1 fully saturated rings. The van der Waals surface area contributed by atoms with Crippen molar-refractivity contribution in [2.75, 3.05) is 14.2 Å². The summed E-state index contributed by atoms with van der Waals surface area (Å²) in [6.45, 7) is 0. The number of benzene rings is 2. The standard InChI is InChI=1S/C19H19NO6S/c1-24-12-9-7-11(8-10-12)16-18-15(17(20-16)19(21)25-2)13-5-3-4-6-14(13)26-27(18,22)23/h3-10,15-18,20H,1-2H3/t15-,16+,17+,18-/m1/s1. The van der Waals surface area contributed by atoms with E-state index < -0.39 is 39.3 Å². The minimum Gasteiger partial charge on any atom is -0.497 e. The van der Waals surface area contributed by atoms with Gasteiger partial charge in [0.2, 0.25) is 0 Å². The third-order valence-corrected chi connectivity index (χ3v) is 6.79. The summed E-state index contributed by atoms with van der Waals surface area (Å²) in [6, 6.07) is 12.5. The first-order chi connectivity index (χ1) is 13.0. The van der Waals surface area contributed by atoms with Crippen molar-refractivity contribution in [1.82, 2.24) is 5.32 Å². The summed E-state index contributed by atoms with van der Waals surface area (Å²) < 4.78 is 41.3. The molecule has 4 atom stereocenters. The maximum Gasteiger partial charge on any atom is 0.323 e. The summed E-state index contributed by atoms with van der Waals surface area (Å²) in [7, 11) is -1.11. The van der Waals surface area contributed by atoms with E-state index in [1.807, 2.05) is 0 Å². The van der Waals surface area contributed by atoms with Crippen LogP contribution in [-0.2, 0) is 19.6 Å². The first-order valence-corrected chi connectivity index (χ1v) is 9.93. The predicted octanol–water partition coefficient (Wildman–Crippen LogP) is 1.76. The fourth-order valence-electron chi connectivity index (χ4n) is 3.94. The van der Waals surface area contributed by atoms with Gasteiger partial charge in [-0.2, -0.15) is 8.42 Å². The van der Waals surface area contributed by atoms with Crippen LogP contribution in [0.25, 0.3) is 0 Å². The van der Waals surface area contributed by atoms with E-state index in [0.29, 0.717) is 11.3 Å². The van der Waals surface area contributed by atoms with Crippen molar-refractivity contribution in [3.05, 3.63) is 59.7 Å². The third kappa shape index (κ3) is 2.85. The van der Waals surface area contributed by atoms with Gasteiger partial charge in [-0.3, -0.25) is 10.1 Å². The number of hydrogen-bond acceptors (Lipinski definition) is 7. The lowest BCUT2D eigenvalue weighted by atomic mass is 9.88. The average Bonchev–Trinajstić information content (AvgIpc) is 3.09. The Labute approximate surface area is 157 Å². The van der Waals surface area contributed by atoms with Crippen molar-refractivity contribution in [2.24, 2.45) is 0 Å². The number of fused-ring (bicyclic) bond motifs is 3. The van der Waals surface area contributed by atoms with Crippen LogP contribution >= 0.6 is 0 Å². The number of carbonyl (C=O) groups is 1. The highest BCUT2D eigenvalue weighted by molar-refractivity contribution is 7.87. The number of carbonyl (C=O) groups excluding carboxylic acids is 1. The Morgan fingerprint density at radius 3 is 2.44 bits per heavy atom. The van der Waals surface area contributed by atoms with Crippen LogP contribution in [0.15, 0.2) is 48.5 Å². The molecule has 0 aliphatic carbocycles. The minimum atomic E-state index is -3.96. The van der Waals surface area contributed by atoms with Crippen LogP contribution in [0.3, 0.4) is 0 Å². The minimum absolute atomic E-state index is 0.254. The third-order valence-electron chi connectivity index (χ3n) is 5.15. The number of para-hydroxylation sites is 1. The van der Waals surface area contributed by atoms with Crippen LogP contribution in [0.5, 0.6) is 11.5 Å². The molecular formula is C19H19NO6S. The average molecular weight is 389 g/mol. The Morgan fingerprint density at radius 1 is 1.07 bits per heavy atom. The van der Waals surface area contributed by atoms with Crippen molar-refractivity contribution in [3.63, 3.8) is 0 Å². The highest BCUT2D eigenvalue weighted by Crippen LogP contribution is 2.49. The van der Waals surface area contributed by atoms with E-state index in [0.717, 1.165) is 5.56 Å². The van der Waals surface area contributed by atoms with E-state index >= 15 is 0 Å². The van der Waals surface area contributed by atoms with Crippen molar-refractivity contribution in [1.29, 1.82) is 0 Å². The Morgan fingerprint density at radius 2 is 1.78 bits per heavy atom. The van der Waals surface area contributed by atoms with E-state index in [-0.39, 0.29) is 5.75 Å². The molecule has 142 valence electrons. The molecule has 0 saturated carbocycles. The van der Waals surface area contributed by atoms with Gasteiger partial charge in [0.15, 0.2) is 0 Å².